The van der Waals surface area contributed by atoms with Gasteiger partial charge in [-0.1, -0.05) is 12.1 Å². The van der Waals surface area contributed by atoms with Crippen molar-refractivity contribution < 1.29 is 9.18 Å². The van der Waals surface area contributed by atoms with Gasteiger partial charge in [-0.25, -0.2) is 14.4 Å². The van der Waals surface area contributed by atoms with E-state index in [9.17, 15) is 9.18 Å². The Hall–Kier alpha value is -3.29. The summed E-state index contributed by atoms with van der Waals surface area (Å²) >= 11 is 0. The first-order valence-electron chi connectivity index (χ1n) is 10.7. The van der Waals surface area contributed by atoms with Crippen molar-refractivity contribution in [1.29, 1.82) is 0 Å². The van der Waals surface area contributed by atoms with Crippen molar-refractivity contribution >= 4 is 17.4 Å². The zero-order valence-electron chi connectivity index (χ0n) is 17.8. The van der Waals surface area contributed by atoms with Crippen molar-refractivity contribution in [1.82, 2.24) is 19.7 Å². The summed E-state index contributed by atoms with van der Waals surface area (Å²) in [5, 5.41) is 4.43. The van der Waals surface area contributed by atoms with Crippen molar-refractivity contribution in [2.75, 3.05) is 23.4 Å². The van der Waals surface area contributed by atoms with Crippen LogP contribution in [0.3, 0.4) is 0 Å². The van der Waals surface area contributed by atoms with Crippen LogP contribution in [0.4, 0.5) is 15.9 Å². The lowest BCUT2D eigenvalue weighted by molar-refractivity contribution is -0.119. The summed E-state index contributed by atoms with van der Waals surface area (Å²) in [6.07, 6.45) is 7.24. The first kappa shape index (κ1) is 19.7. The lowest BCUT2D eigenvalue weighted by atomic mass is 10.1. The van der Waals surface area contributed by atoms with Crippen LogP contribution in [0.2, 0.25) is 0 Å². The number of fused-ring (bicyclic) bond motifs is 3. The molecule has 3 aromatic rings. The molecule has 4 heterocycles. The molecule has 8 heteroatoms. The number of aromatic nitrogens is 4. The van der Waals surface area contributed by atoms with Gasteiger partial charge in [-0.2, -0.15) is 5.10 Å². The summed E-state index contributed by atoms with van der Waals surface area (Å²) in [7, 11) is 1.82. The Morgan fingerprint density at radius 2 is 1.94 bits per heavy atom. The molecule has 0 bridgehead atoms. The normalized spacial score (nSPS) is 17.8. The molecule has 2 aromatic heterocycles. The molecule has 1 fully saturated rings. The van der Waals surface area contributed by atoms with E-state index in [1.165, 1.54) is 12.1 Å². The highest BCUT2D eigenvalue weighted by molar-refractivity contribution is 6.05. The zero-order chi connectivity index (χ0) is 21.5. The van der Waals surface area contributed by atoms with Gasteiger partial charge in [0.2, 0.25) is 5.91 Å². The first-order valence-corrected chi connectivity index (χ1v) is 10.7. The maximum atomic E-state index is 13.1. The molecule has 1 amide bonds. The number of carbonyl (C=O) groups excluding carboxylic acids is 1. The Bertz CT molecular complexity index is 1130. The van der Waals surface area contributed by atoms with Crippen LogP contribution in [0.5, 0.6) is 0 Å². The number of rotatable bonds is 5. The maximum absolute atomic E-state index is 13.1. The Balaban J connectivity index is 1.31. The van der Waals surface area contributed by atoms with Gasteiger partial charge in [-0.3, -0.25) is 9.48 Å². The molecule has 2 aliphatic rings. The topological polar surface area (TPSA) is 67.2 Å². The van der Waals surface area contributed by atoms with E-state index in [2.05, 4.69) is 15.0 Å². The number of aryl methyl sites for hydroxylation is 3. The fourth-order valence-electron chi connectivity index (χ4n) is 4.58. The van der Waals surface area contributed by atoms with E-state index in [1.807, 2.05) is 31.0 Å². The molecule has 1 aromatic carbocycles. The molecule has 0 N–H and O–H groups in total. The minimum absolute atomic E-state index is 0.0932. The summed E-state index contributed by atoms with van der Waals surface area (Å²) < 4.78 is 14.9. The standard InChI is InChI=1S/C23H25FN6O/c1-15-21-22(30-11-3-4-19(30)23(31)28(21)2)27-20(26-15)10-7-17-12-25-29(14-17)13-16-5-8-18(24)9-6-16/h5-6,8-9,12,14,19H,3-4,7,10-11,13H2,1-2H3/t19-/m1/s1. The highest BCUT2D eigenvalue weighted by atomic mass is 19.1. The quantitative estimate of drug-likeness (QED) is 0.635. The van der Waals surface area contributed by atoms with Crippen LogP contribution in [0.25, 0.3) is 0 Å². The van der Waals surface area contributed by atoms with Crippen molar-refractivity contribution in [3.8, 4) is 0 Å². The van der Waals surface area contributed by atoms with Gasteiger partial charge in [0.05, 0.1) is 18.4 Å². The summed E-state index contributed by atoms with van der Waals surface area (Å²) in [6.45, 7) is 3.42. The third-order valence-corrected chi connectivity index (χ3v) is 6.14. The second-order valence-corrected chi connectivity index (χ2v) is 8.32. The third kappa shape index (κ3) is 3.66. The van der Waals surface area contributed by atoms with Gasteiger partial charge >= 0.3 is 0 Å². The highest BCUT2D eigenvalue weighted by Crippen LogP contribution is 2.39. The molecule has 0 aliphatic carbocycles. The SMILES string of the molecule is Cc1nc(CCc2cnn(Cc3ccc(F)cc3)c2)nc2c1N(C)C(=O)[C@H]1CCCN21. The molecule has 160 valence electrons. The number of amides is 1. The Kier molecular flexibility index (Phi) is 4.92. The smallest absolute Gasteiger partial charge is 0.249 e. The van der Waals surface area contributed by atoms with Gasteiger partial charge < -0.3 is 9.80 Å². The number of halogens is 1. The lowest BCUT2D eigenvalue weighted by Crippen LogP contribution is -2.50. The number of likely N-dealkylation sites (N-methyl/N-ethyl adjacent to an activating group) is 1. The van der Waals surface area contributed by atoms with Crippen LogP contribution >= 0.6 is 0 Å². The molecule has 1 saturated heterocycles. The Morgan fingerprint density at radius 3 is 2.74 bits per heavy atom. The van der Waals surface area contributed by atoms with Crippen LogP contribution in [-0.4, -0.2) is 45.3 Å². The van der Waals surface area contributed by atoms with E-state index < -0.39 is 0 Å². The van der Waals surface area contributed by atoms with Crippen LogP contribution in [-0.2, 0) is 24.2 Å². The average Bonchev–Trinajstić information content (AvgIpc) is 3.42. The van der Waals surface area contributed by atoms with Gasteiger partial charge in [-0.05, 0) is 49.4 Å². The summed E-state index contributed by atoms with van der Waals surface area (Å²) in [4.78, 5) is 26.1. The number of hydrogen-bond donors (Lipinski definition) is 0. The fraction of sp³-hybridized carbons (Fsp3) is 0.391. The number of carbonyl (C=O) groups is 1. The Morgan fingerprint density at radius 1 is 1.13 bits per heavy atom. The number of nitrogens with zero attached hydrogens (tertiary/aromatic N) is 6. The number of hydrogen-bond acceptors (Lipinski definition) is 5. The predicted molar refractivity (Wildman–Crippen MR) is 116 cm³/mol. The predicted octanol–water partition coefficient (Wildman–Crippen LogP) is 2.90. The number of anilines is 2. The van der Waals surface area contributed by atoms with Crippen LogP contribution in [0.1, 0.15) is 35.5 Å². The van der Waals surface area contributed by atoms with E-state index in [1.54, 1.807) is 17.0 Å². The molecule has 7 nitrogen and oxygen atoms in total. The molecule has 2 aliphatic heterocycles. The molecule has 1 atom stereocenters. The molecule has 0 unspecified atom stereocenters. The monoisotopic (exact) mass is 420 g/mol. The molecule has 0 radical (unpaired) electrons. The van der Waals surface area contributed by atoms with E-state index in [-0.39, 0.29) is 17.8 Å². The summed E-state index contributed by atoms with van der Waals surface area (Å²) in [5.41, 5.74) is 3.78. The van der Waals surface area contributed by atoms with E-state index in [0.29, 0.717) is 13.0 Å². The van der Waals surface area contributed by atoms with E-state index in [4.69, 9.17) is 4.98 Å². The molecule has 5 rings (SSSR count). The van der Waals surface area contributed by atoms with Crippen LogP contribution in [0, 0.1) is 12.7 Å². The van der Waals surface area contributed by atoms with Gasteiger partial charge in [0.1, 0.15) is 23.4 Å². The minimum atomic E-state index is -0.235. The number of benzene rings is 1. The first-order chi connectivity index (χ1) is 15.0. The van der Waals surface area contributed by atoms with Crippen molar-refractivity contribution in [2.24, 2.45) is 0 Å². The molecule has 0 spiro atoms. The molecule has 31 heavy (non-hydrogen) atoms. The maximum Gasteiger partial charge on any atom is 0.249 e. The fourth-order valence-corrected chi connectivity index (χ4v) is 4.58. The van der Waals surface area contributed by atoms with Crippen molar-refractivity contribution in [2.45, 2.75) is 45.2 Å². The molecular weight excluding hydrogens is 395 g/mol. The largest absolute Gasteiger partial charge is 0.343 e. The third-order valence-electron chi connectivity index (χ3n) is 6.14. The van der Waals surface area contributed by atoms with Crippen LogP contribution < -0.4 is 9.80 Å². The van der Waals surface area contributed by atoms with E-state index >= 15 is 0 Å². The van der Waals surface area contributed by atoms with E-state index in [0.717, 1.165) is 60.0 Å². The second-order valence-electron chi connectivity index (χ2n) is 8.32. The van der Waals surface area contributed by atoms with Gasteiger partial charge in [0.25, 0.3) is 0 Å². The second kappa shape index (κ2) is 7.76. The van der Waals surface area contributed by atoms with Crippen LogP contribution in [0.15, 0.2) is 36.7 Å². The van der Waals surface area contributed by atoms with Crippen molar-refractivity contribution in [3.63, 3.8) is 0 Å². The highest BCUT2D eigenvalue weighted by Gasteiger charge is 2.41. The minimum Gasteiger partial charge on any atom is -0.343 e. The molecule has 0 saturated carbocycles. The molecular formula is C23H25FN6O. The van der Waals surface area contributed by atoms with Crippen molar-refractivity contribution in [3.05, 3.63) is 65.1 Å². The lowest BCUT2D eigenvalue weighted by Gasteiger charge is -2.37. The Labute approximate surface area is 180 Å². The summed E-state index contributed by atoms with van der Waals surface area (Å²) in [6, 6.07) is 6.38. The van der Waals surface area contributed by atoms with Gasteiger partial charge in [0.15, 0.2) is 5.82 Å². The average molecular weight is 420 g/mol. The summed E-state index contributed by atoms with van der Waals surface area (Å²) in [5.74, 6) is 1.58. The van der Waals surface area contributed by atoms with Gasteiger partial charge in [0, 0.05) is 26.2 Å². The van der Waals surface area contributed by atoms with Gasteiger partial charge in [-0.15, -0.1) is 0 Å². The zero-order valence-corrected chi connectivity index (χ0v) is 17.8.